The molecule has 2 aliphatic rings. The van der Waals surface area contributed by atoms with Crippen LogP contribution in [0.25, 0.3) is 0 Å². The standard InChI is InChI=1S/C21H21NO5S/c23-16(13-7-8-17-15(9-13)22-20(24)12-26-17)11-27-21(25)19-10-14-5-3-1-2-4-6-18(14)28-19/h7-10H,1-6,11-12H2,(H,22,24). The summed E-state index contributed by atoms with van der Waals surface area (Å²) in [7, 11) is 0. The predicted octanol–water partition coefficient (Wildman–Crippen LogP) is 3.78. The molecule has 2 heterocycles. The third-order valence-corrected chi connectivity index (χ3v) is 6.18. The number of amides is 1. The SMILES string of the molecule is O=C1COc2ccc(C(=O)COC(=O)c3cc4c(s3)CCCCCC4)cc2N1. The van der Waals surface area contributed by atoms with E-state index < -0.39 is 5.97 Å². The minimum Gasteiger partial charge on any atom is -0.482 e. The molecular formula is C21H21NO5S. The highest BCUT2D eigenvalue weighted by Crippen LogP contribution is 2.30. The first-order valence-corrected chi connectivity index (χ1v) is 10.3. The van der Waals surface area contributed by atoms with E-state index >= 15 is 0 Å². The summed E-state index contributed by atoms with van der Waals surface area (Å²) in [6.07, 6.45) is 6.78. The zero-order valence-corrected chi connectivity index (χ0v) is 16.2. The van der Waals surface area contributed by atoms with Crippen molar-refractivity contribution in [3.63, 3.8) is 0 Å². The lowest BCUT2D eigenvalue weighted by Crippen LogP contribution is -2.25. The fourth-order valence-corrected chi connectivity index (χ4v) is 4.63. The second-order valence-electron chi connectivity index (χ2n) is 7.02. The van der Waals surface area contributed by atoms with E-state index in [1.807, 2.05) is 6.07 Å². The van der Waals surface area contributed by atoms with E-state index in [0.29, 0.717) is 21.9 Å². The van der Waals surface area contributed by atoms with Crippen molar-refractivity contribution >= 4 is 34.7 Å². The van der Waals surface area contributed by atoms with Gasteiger partial charge in [-0.3, -0.25) is 9.59 Å². The normalized spacial score (nSPS) is 15.9. The molecule has 1 aromatic heterocycles. The van der Waals surface area contributed by atoms with Gasteiger partial charge >= 0.3 is 5.97 Å². The zero-order chi connectivity index (χ0) is 19.5. The summed E-state index contributed by atoms with van der Waals surface area (Å²) >= 11 is 1.48. The molecule has 1 amide bonds. The van der Waals surface area contributed by atoms with Crippen LogP contribution in [0.2, 0.25) is 0 Å². The number of aryl methyl sites for hydroxylation is 2. The van der Waals surface area contributed by atoms with Gasteiger partial charge in [0.05, 0.1) is 5.69 Å². The van der Waals surface area contributed by atoms with E-state index in [1.165, 1.54) is 34.6 Å². The number of fused-ring (bicyclic) bond motifs is 2. The Labute approximate surface area is 166 Å². The van der Waals surface area contributed by atoms with Crippen LogP contribution in [-0.4, -0.2) is 30.9 Å². The lowest BCUT2D eigenvalue weighted by molar-refractivity contribution is -0.118. The number of anilines is 1. The van der Waals surface area contributed by atoms with Crippen LogP contribution in [0.15, 0.2) is 24.3 Å². The van der Waals surface area contributed by atoms with Crippen LogP contribution in [0.4, 0.5) is 5.69 Å². The van der Waals surface area contributed by atoms with Gasteiger partial charge in [-0.2, -0.15) is 0 Å². The topological polar surface area (TPSA) is 81.7 Å². The number of benzene rings is 1. The number of ether oxygens (including phenoxy) is 2. The summed E-state index contributed by atoms with van der Waals surface area (Å²) < 4.78 is 10.5. The molecule has 28 heavy (non-hydrogen) atoms. The first-order chi connectivity index (χ1) is 13.6. The first kappa shape index (κ1) is 18.7. The van der Waals surface area contributed by atoms with Gasteiger partial charge in [0.2, 0.25) is 0 Å². The van der Waals surface area contributed by atoms with Gasteiger partial charge in [-0.05, 0) is 55.5 Å². The van der Waals surface area contributed by atoms with Gasteiger partial charge in [-0.25, -0.2) is 4.79 Å². The molecule has 0 fully saturated rings. The molecule has 7 heteroatoms. The van der Waals surface area contributed by atoms with E-state index in [1.54, 1.807) is 18.2 Å². The summed E-state index contributed by atoms with van der Waals surface area (Å²) in [6.45, 7) is -0.377. The fraction of sp³-hybridized carbons (Fsp3) is 0.381. The van der Waals surface area contributed by atoms with Crippen molar-refractivity contribution in [1.29, 1.82) is 0 Å². The van der Waals surface area contributed by atoms with Gasteiger partial charge < -0.3 is 14.8 Å². The third-order valence-electron chi connectivity index (χ3n) is 4.97. The Hall–Kier alpha value is -2.67. The maximum absolute atomic E-state index is 12.4. The Balaban J connectivity index is 1.39. The number of carbonyl (C=O) groups is 3. The van der Waals surface area contributed by atoms with Crippen LogP contribution in [0, 0.1) is 0 Å². The summed E-state index contributed by atoms with van der Waals surface area (Å²) in [5.74, 6) is -0.536. The van der Waals surface area contributed by atoms with E-state index in [2.05, 4.69) is 5.32 Å². The monoisotopic (exact) mass is 399 g/mol. The van der Waals surface area contributed by atoms with E-state index in [0.717, 1.165) is 25.7 Å². The van der Waals surface area contributed by atoms with Gasteiger partial charge in [-0.15, -0.1) is 11.3 Å². The Morgan fingerprint density at radius 1 is 1.11 bits per heavy atom. The first-order valence-electron chi connectivity index (χ1n) is 9.49. The number of hydrogen-bond donors (Lipinski definition) is 1. The Morgan fingerprint density at radius 3 is 2.79 bits per heavy atom. The molecule has 146 valence electrons. The van der Waals surface area contributed by atoms with Crippen molar-refractivity contribution in [2.24, 2.45) is 0 Å². The largest absolute Gasteiger partial charge is 0.482 e. The van der Waals surface area contributed by atoms with E-state index in [4.69, 9.17) is 9.47 Å². The Bertz CT molecular complexity index is 907. The average molecular weight is 399 g/mol. The number of thiophene rings is 1. The Morgan fingerprint density at radius 2 is 1.93 bits per heavy atom. The number of carbonyl (C=O) groups excluding carboxylic acids is 3. The van der Waals surface area contributed by atoms with Crippen LogP contribution in [0.5, 0.6) is 5.75 Å². The highest BCUT2D eigenvalue weighted by atomic mass is 32.1. The molecule has 6 nitrogen and oxygen atoms in total. The zero-order valence-electron chi connectivity index (χ0n) is 15.4. The quantitative estimate of drug-likeness (QED) is 0.625. The van der Waals surface area contributed by atoms with Gasteiger partial charge in [-0.1, -0.05) is 12.8 Å². The van der Waals surface area contributed by atoms with Crippen LogP contribution >= 0.6 is 11.3 Å². The average Bonchev–Trinajstić information content (AvgIpc) is 3.07. The van der Waals surface area contributed by atoms with Gasteiger partial charge in [0.25, 0.3) is 5.91 Å². The van der Waals surface area contributed by atoms with Crippen LogP contribution in [0.1, 0.15) is 56.2 Å². The number of Topliss-reactive ketones (excluding diaryl/α,β-unsaturated/α-hetero) is 1. The number of rotatable bonds is 4. The smallest absolute Gasteiger partial charge is 0.348 e. The molecule has 0 saturated heterocycles. The summed E-state index contributed by atoms with van der Waals surface area (Å²) in [5, 5.41) is 2.66. The molecule has 0 atom stereocenters. The number of hydrogen-bond acceptors (Lipinski definition) is 6. The molecule has 1 aromatic carbocycles. The highest BCUT2D eigenvalue weighted by Gasteiger charge is 2.20. The molecule has 1 aliphatic carbocycles. The molecule has 0 unspecified atom stereocenters. The van der Waals surface area contributed by atoms with Crippen molar-refractivity contribution in [2.75, 3.05) is 18.5 Å². The summed E-state index contributed by atoms with van der Waals surface area (Å²) in [6, 6.07) is 6.69. The molecular weight excluding hydrogens is 378 g/mol. The number of nitrogens with one attached hydrogen (secondary N) is 1. The van der Waals surface area contributed by atoms with E-state index in [9.17, 15) is 14.4 Å². The molecule has 1 N–H and O–H groups in total. The highest BCUT2D eigenvalue weighted by molar-refractivity contribution is 7.14. The number of esters is 1. The van der Waals surface area contributed by atoms with Crippen molar-refractivity contribution < 1.29 is 23.9 Å². The molecule has 0 saturated carbocycles. The van der Waals surface area contributed by atoms with Gasteiger partial charge in [0.1, 0.15) is 10.6 Å². The fourth-order valence-electron chi connectivity index (χ4n) is 3.49. The van der Waals surface area contributed by atoms with Gasteiger partial charge in [0, 0.05) is 10.4 Å². The van der Waals surface area contributed by atoms with E-state index in [-0.39, 0.29) is 24.9 Å². The van der Waals surface area contributed by atoms with Crippen molar-refractivity contribution in [3.8, 4) is 5.75 Å². The maximum atomic E-state index is 12.4. The molecule has 0 bridgehead atoms. The third kappa shape index (κ3) is 4.09. The van der Waals surface area contributed by atoms with Crippen molar-refractivity contribution in [1.82, 2.24) is 0 Å². The second kappa shape index (κ2) is 8.14. The lowest BCUT2D eigenvalue weighted by atomic mass is 10.00. The van der Waals surface area contributed by atoms with Crippen LogP contribution in [0.3, 0.4) is 0 Å². The van der Waals surface area contributed by atoms with Crippen molar-refractivity contribution in [3.05, 3.63) is 45.1 Å². The molecule has 0 radical (unpaired) electrons. The maximum Gasteiger partial charge on any atom is 0.348 e. The summed E-state index contributed by atoms with van der Waals surface area (Å²) in [4.78, 5) is 38.1. The minimum atomic E-state index is -0.459. The Kier molecular flexibility index (Phi) is 5.43. The molecule has 1 aliphatic heterocycles. The van der Waals surface area contributed by atoms with Crippen LogP contribution < -0.4 is 10.1 Å². The van der Waals surface area contributed by atoms with Crippen molar-refractivity contribution in [2.45, 2.75) is 38.5 Å². The van der Waals surface area contributed by atoms with Crippen LogP contribution in [-0.2, 0) is 22.4 Å². The molecule has 2 aromatic rings. The minimum absolute atomic E-state index is 0.0390. The lowest BCUT2D eigenvalue weighted by Gasteiger charge is -2.18. The van der Waals surface area contributed by atoms with Gasteiger partial charge in [0.15, 0.2) is 19.0 Å². The summed E-state index contributed by atoms with van der Waals surface area (Å²) in [5.41, 5.74) is 2.05. The molecule has 0 spiro atoms. The second-order valence-corrected chi connectivity index (χ2v) is 8.16. The number of ketones is 1. The predicted molar refractivity (Wildman–Crippen MR) is 105 cm³/mol. The molecule has 4 rings (SSSR count).